The first-order valence-corrected chi connectivity index (χ1v) is 12.4. The molecule has 6 N–H and O–H groups in total. The molecule has 0 aromatic heterocycles. The minimum absolute atomic E-state index is 0.0726. The molecule has 0 heterocycles. The van der Waals surface area contributed by atoms with Crippen molar-refractivity contribution in [3.8, 4) is 17.2 Å². The smallest absolute Gasteiger partial charge is 0.193 e. The maximum Gasteiger partial charge on any atom is 0.193 e. The lowest BCUT2D eigenvalue weighted by Gasteiger charge is -2.56. The van der Waals surface area contributed by atoms with Crippen molar-refractivity contribution in [2.24, 2.45) is 5.41 Å². The second kappa shape index (κ2) is 6.93. The largest absolute Gasteiger partial charge is 0.507 e. The van der Waals surface area contributed by atoms with Crippen LogP contribution in [0.15, 0.2) is 29.4 Å². The van der Waals surface area contributed by atoms with E-state index in [0.29, 0.717) is 5.56 Å². The number of carbonyl (C=O) groups excluding carboxylic acids is 5. The zero-order chi connectivity index (χ0) is 29.0. The van der Waals surface area contributed by atoms with Crippen LogP contribution in [0, 0.1) is 12.3 Å². The monoisotopic (exact) mass is 544 g/mol. The summed E-state index contributed by atoms with van der Waals surface area (Å²) in [5, 5.41) is 68.5. The average Bonchev–Trinajstić information content (AvgIpc) is 3.12. The molecule has 5 aliphatic rings. The van der Waals surface area contributed by atoms with Crippen LogP contribution >= 0.6 is 0 Å². The Morgan fingerprint density at radius 3 is 2.20 bits per heavy atom. The number of allylic oxidation sites excluding steroid dienone is 2. The lowest BCUT2D eigenvalue weighted by atomic mass is 9.47. The number of rotatable bonds is 0. The number of aromatic hydroxyl groups is 3. The van der Waals surface area contributed by atoms with E-state index in [2.05, 4.69) is 0 Å². The summed E-state index contributed by atoms with van der Waals surface area (Å²) >= 11 is 0. The van der Waals surface area contributed by atoms with Crippen molar-refractivity contribution in [1.82, 2.24) is 0 Å². The molecule has 0 saturated heterocycles. The first kappa shape index (κ1) is 24.4. The van der Waals surface area contributed by atoms with Gasteiger partial charge in [0.05, 0.1) is 40.2 Å². The quantitative estimate of drug-likeness (QED) is 0.261. The van der Waals surface area contributed by atoms with Gasteiger partial charge in [-0.15, -0.1) is 0 Å². The number of aryl methyl sites for hydroxylation is 1. The normalized spacial score (nSPS) is 31.6. The van der Waals surface area contributed by atoms with Crippen LogP contribution in [0.1, 0.15) is 78.5 Å². The molecule has 2 aromatic rings. The SMILES string of the molecule is CC1=CC(=O)c2c(O)c3c(c(O)c2C1=O)[C@H]1C(=O)C[C@]24C(=O)c5cc(C)cc(O)c5C(O)=C2C(=O)[C@@H]3[C@@H](O)[C@@]14O. The molecule has 0 radical (unpaired) electrons. The molecule has 0 amide bonds. The third kappa shape index (κ3) is 2.23. The van der Waals surface area contributed by atoms with E-state index in [1.165, 1.54) is 19.1 Å². The van der Waals surface area contributed by atoms with Gasteiger partial charge < -0.3 is 30.6 Å². The van der Waals surface area contributed by atoms with Crippen molar-refractivity contribution in [1.29, 1.82) is 0 Å². The molecule has 7 rings (SSSR count). The molecule has 2 bridgehead atoms. The molecule has 0 unspecified atom stereocenters. The molecule has 0 aliphatic heterocycles. The van der Waals surface area contributed by atoms with Crippen LogP contribution in [0.5, 0.6) is 17.2 Å². The van der Waals surface area contributed by atoms with E-state index in [4.69, 9.17) is 0 Å². The number of ketones is 5. The Hall–Kier alpha value is -4.61. The van der Waals surface area contributed by atoms with E-state index >= 15 is 0 Å². The van der Waals surface area contributed by atoms with Crippen LogP contribution in [-0.2, 0) is 9.59 Å². The summed E-state index contributed by atoms with van der Waals surface area (Å²) in [5.74, 6) is -12.0. The predicted molar refractivity (Wildman–Crippen MR) is 132 cm³/mol. The summed E-state index contributed by atoms with van der Waals surface area (Å²) in [6.07, 6.45) is -2.16. The van der Waals surface area contributed by atoms with Gasteiger partial charge in [0.1, 0.15) is 39.8 Å². The molecule has 11 nitrogen and oxygen atoms in total. The number of benzene rings is 2. The van der Waals surface area contributed by atoms with Crippen molar-refractivity contribution in [3.05, 3.63) is 68.3 Å². The molecule has 202 valence electrons. The van der Waals surface area contributed by atoms with Crippen LogP contribution in [0.3, 0.4) is 0 Å². The number of aliphatic hydroxyl groups is 3. The van der Waals surface area contributed by atoms with Gasteiger partial charge in [-0.1, -0.05) is 0 Å². The number of aliphatic hydroxyl groups excluding tert-OH is 2. The third-order valence-electron chi connectivity index (χ3n) is 9.28. The van der Waals surface area contributed by atoms with Gasteiger partial charge in [-0.25, -0.2) is 0 Å². The molecule has 40 heavy (non-hydrogen) atoms. The molecular formula is C29H20O11. The predicted octanol–water partition coefficient (Wildman–Crippen LogP) is 1.42. The molecule has 5 aliphatic carbocycles. The topological polar surface area (TPSA) is 207 Å². The number of carbonyl (C=O) groups is 5. The van der Waals surface area contributed by atoms with Gasteiger partial charge in [-0.2, -0.15) is 0 Å². The Kier molecular flexibility index (Phi) is 4.23. The number of phenolic OH excluding ortho intramolecular Hbond substituents is 3. The maximum absolute atomic E-state index is 14.2. The summed E-state index contributed by atoms with van der Waals surface area (Å²) in [4.78, 5) is 68.0. The van der Waals surface area contributed by atoms with Gasteiger partial charge >= 0.3 is 0 Å². The Morgan fingerprint density at radius 2 is 1.52 bits per heavy atom. The van der Waals surface area contributed by atoms with Gasteiger partial charge in [0, 0.05) is 28.7 Å². The zero-order valence-electron chi connectivity index (χ0n) is 20.9. The summed E-state index contributed by atoms with van der Waals surface area (Å²) in [5.41, 5.74) is -8.78. The molecule has 5 atom stereocenters. The van der Waals surface area contributed by atoms with Crippen molar-refractivity contribution < 1.29 is 54.6 Å². The van der Waals surface area contributed by atoms with E-state index in [9.17, 15) is 54.6 Å². The number of Topliss-reactive ketones (excluding diaryl/α,β-unsaturated/α-hetero) is 4. The Labute approximate surface area is 224 Å². The fourth-order valence-electron chi connectivity index (χ4n) is 7.75. The number of fused-ring (bicyclic) bond motifs is 6. The van der Waals surface area contributed by atoms with E-state index in [1.807, 2.05) is 0 Å². The molecule has 11 heteroatoms. The highest BCUT2D eigenvalue weighted by atomic mass is 16.4. The molecule has 2 aromatic carbocycles. The van der Waals surface area contributed by atoms with Crippen molar-refractivity contribution >= 4 is 34.7 Å². The van der Waals surface area contributed by atoms with Crippen LogP contribution in [0.25, 0.3) is 5.76 Å². The highest BCUT2D eigenvalue weighted by molar-refractivity contribution is 6.29. The minimum atomic E-state index is -2.82. The average molecular weight is 544 g/mol. The van der Waals surface area contributed by atoms with Gasteiger partial charge in [0.15, 0.2) is 23.1 Å². The van der Waals surface area contributed by atoms with Gasteiger partial charge in [0.25, 0.3) is 0 Å². The second-order valence-electron chi connectivity index (χ2n) is 11.1. The summed E-state index contributed by atoms with van der Waals surface area (Å²) in [7, 11) is 0. The Morgan fingerprint density at radius 1 is 0.875 bits per heavy atom. The summed E-state index contributed by atoms with van der Waals surface area (Å²) < 4.78 is 0. The van der Waals surface area contributed by atoms with E-state index in [-0.39, 0.29) is 11.1 Å². The highest BCUT2D eigenvalue weighted by Crippen LogP contribution is 2.71. The minimum Gasteiger partial charge on any atom is -0.507 e. The molecule has 2 fully saturated rings. The van der Waals surface area contributed by atoms with Crippen LogP contribution in [-0.4, -0.2) is 71.3 Å². The van der Waals surface area contributed by atoms with Gasteiger partial charge in [-0.05, 0) is 37.6 Å². The fourth-order valence-corrected chi connectivity index (χ4v) is 7.75. The maximum atomic E-state index is 14.2. The standard InChI is InChI=1S/C29H20O11/c1-7-3-9-13(10(30)4-7)24(36)20-25(37)18-15-16(19-12(32)6-28(20,26(9)38)29(19,40)27(18)39)23(35)17-14(22(15)34)11(31)5-8(2)21(17)33/h3-5,18-19,27,30,34-36,39-40H,6H2,1-2H3/t18-,19-,27-,28-,29+/m1/s1. The molecule has 1 spiro atoms. The van der Waals surface area contributed by atoms with Crippen molar-refractivity contribution in [2.45, 2.75) is 43.8 Å². The summed E-state index contributed by atoms with van der Waals surface area (Å²) in [6.45, 7) is 2.85. The van der Waals surface area contributed by atoms with Crippen LogP contribution < -0.4 is 0 Å². The fraction of sp³-hybridized carbons (Fsp3) is 0.276. The Balaban J connectivity index is 1.65. The zero-order valence-corrected chi connectivity index (χ0v) is 20.9. The third-order valence-corrected chi connectivity index (χ3v) is 9.28. The Bertz CT molecular complexity index is 1830. The van der Waals surface area contributed by atoms with Crippen LogP contribution in [0.2, 0.25) is 0 Å². The van der Waals surface area contributed by atoms with Crippen LogP contribution in [0.4, 0.5) is 0 Å². The number of hydrogen-bond acceptors (Lipinski definition) is 11. The lowest BCUT2D eigenvalue weighted by Crippen LogP contribution is -2.69. The number of hydrogen-bond donors (Lipinski definition) is 6. The summed E-state index contributed by atoms with van der Waals surface area (Å²) in [6, 6.07) is 2.55. The van der Waals surface area contributed by atoms with Crippen molar-refractivity contribution in [3.63, 3.8) is 0 Å². The second-order valence-corrected chi connectivity index (χ2v) is 11.1. The van der Waals surface area contributed by atoms with E-state index in [0.717, 1.165) is 6.08 Å². The van der Waals surface area contributed by atoms with E-state index in [1.54, 1.807) is 6.92 Å². The first-order chi connectivity index (χ1) is 18.7. The molecular weight excluding hydrogens is 524 g/mol. The van der Waals surface area contributed by atoms with Gasteiger partial charge in [0.2, 0.25) is 0 Å². The first-order valence-electron chi connectivity index (χ1n) is 12.4. The highest BCUT2D eigenvalue weighted by Gasteiger charge is 2.81. The van der Waals surface area contributed by atoms with Gasteiger partial charge in [-0.3, -0.25) is 24.0 Å². The lowest BCUT2D eigenvalue weighted by molar-refractivity contribution is -0.167. The molecule has 2 saturated carbocycles. The number of phenols is 3. The van der Waals surface area contributed by atoms with Crippen molar-refractivity contribution in [2.75, 3.05) is 0 Å². The van der Waals surface area contributed by atoms with E-state index < -0.39 is 121 Å².